The Bertz CT molecular complexity index is 98.4. The average molecular weight is 182 g/mol. The lowest BCUT2D eigenvalue weighted by Crippen LogP contribution is -2.38. The smallest absolute Gasteiger partial charge is 0.146 e. The van der Waals surface area contributed by atoms with E-state index in [1.54, 1.807) is 0 Å². The SMILES string of the molecule is CCOCOCC(C)(C)NCl. The maximum atomic E-state index is 5.44. The van der Waals surface area contributed by atoms with E-state index in [4.69, 9.17) is 21.3 Å². The number of ether oxygens (including phenoxy) is 2. The van der Waals surface area contributed by atoms with Gasteiger partial charge in [0.15, 0.2) is 0 Å². The van der Waals surface area contributed by atoms with Crippen LogP contribution in [0.1, 0.15) is 20.8 Å². The second-order valence-electron chi connectivity index (χ2n) is 2.94. The minimum absolute atomic E-state index is 0.196. The van der Waals surface area contributed by atoms with Crippen molar-refractivity contribution in [3.8, 4) is 0 Å². The van der Waals surface area contributed by atoms with Crippen LogP contribution in [-0.2, 0) is 9.47 Å². The van der Waals surface area contributed by atoms with Gasteiger partial charge in [0, 0.05) is 6.61 Å². The van der Waals surface area contributed by atoms with Crippen LogP contribution >= 0.6 is 11.8 Å². The van der Waals surface area contributed by atoms with E-state index in [9.17, 15) is 0 Å². The van der Waals surface area contributed by atoms with Crippen molar-refractivity contribution in [3.05, 3.63) is 0 Å². The largest absolute Gasteiger partial charge is 0.356 e. The molecule has 0 radical (unpaired) electrons. The molecule has 0 aromatic heterocycles. The van der Waals surface area contributed by atoms with Crippen LogP contribution in [0, 0.1) is 0 Å². The molecule has 0 heterocycles. The van der Waals surface area contributed by atoms with Crippen molar-refractivity contribution >= 4 is 11.8 Å². The Balaban J connectivity index is 3.23. The van der Waals surface area contributed by atoms with Crippen molar-refractivity contribution in [1.82, 2.24) is 4.84 Å². The number of hydrogen-bond donors (Lipinski definition) is 1. The molecule has 1 N–H and O–H groups in total. The van der Waals surface area contributed by atoms with Crippen molar-refractivity contribution < 1.29 is 9.47 Å². The van der Waals surface area contributed by atoms with E-state index >= 15 is 0 Å². The van der Waals surface area contributed by atoms with Crippen LogP contribution in [0.5, 0.6) is 0 Å². The molecule has 0 amide bonds. The summed E-state index contributed by atoms with van der Waals surface area (Å²) >= 11 is 5.44. The first-order valence-corrected chi connectivity index (χ1v) is 4.03. The molecule has 0 aromatic carbocycles. The first-order chi connectivity index (χ1) is 5.12. The Morgan fingerprint density at radius 1 is 1.36 bits per heavy atom. The topological polar surface area (TPSA) is 30.5 Å². The van der Waals surface area contributed by atoms with E-state index in [0.29, 0.717) is 20.0 Å². The molecule has 11 heavy (non-hydrogen) atoms. The fraction of sp³-hybridized carbons (Fsp3) is 1.00. The zero-order valence-electron chi connectivity index (χ0n) is 7.32. The van der Waals surface area contributed by atoms with Gasteiger partial charge in [-0.05, 0) is 32.5 Å². The molecule has 0 atom stereocenters. The molecule has 0 aliphatic carbocycles. The molecule has 4 heteroatoms. The summed E-state index contributed by atoms with van der Waals surface area (Å²) in [5.74, 6) is 0. The molecule has 3 nitrogen and oxygen atoms in total. The first kappa shape index (κ1) is 11.2. The van der Waals surface area contributed by atoms with Gasteiger partial charge in [0.25, 0.3) is 0 Å². The lowest BCUT2D eigenvalue weighted by Gasteiger charge is -2.21. The quantitative estimate of drug-likeness (QED) is 0.383. The number of halogens is 1. The summed E-state index contributed by atoms with van der Waals surface area (Å²) in [6.07, 6.45) is 0. The van der Waals surface area contributed by atoms with Gasteiger partial charge in [0.2, 0.25) is 0 Å². The second kappa shape index (κ2) is 5.77. The zero-order valence-corrected chi connectivity index (χ0v) is 8.07. The Labute approximate surface area is 73.1 Å². The molecule has 0 unspecified atom stereocenters. The Morgan fingerprint density at radius 2 is 2.00 bits per heavy atom. The van der Waals surface area contributed by atoms with E-state index in [1.165, 1.54) is 0 Å². The Kier molecular flexibility index (Phi) is 5.86. The summed E-state index contributed by atoms with van der Waals surface area (Å²) in [5.41, 5.74) is -0.196. The Hall–Kier alpha value is 0.170. The first-order valence-electron chi connectivity index (χ1n) is 3.65. The maximum Gasteiger partial charge on any atom is 0.146 e. The molecule has 0 saturated carbocycles. The summed E-state index contributed by atoms with van der Waals surface area (Å²) in [5, 5.41) is 0. The van der Waals surface area contributed by atoms with Gasteiger partial charge in [0.1, 0.15) is 6.79 Å². The van der Waals surface area contributed by atoms with Crippen molar-refractivity contribution in [2.24, 2.45) is 0 Å². The predicted octanol–water partition coefficient (Wildman–Crippen LogP) is 1.52. The Morgan fingerprint density at radius 3 is 2.45 bits per heavy atom. The van der Waals surface area contributed by atoms with Gasteiger partial charge >= 0.3 is 0 Å². The second-order valence-corrected chi connectivity index (χ2v) is 3.13. The molecule has 0 aliphatic heterocycles. The van der Waals surface area contributed by atoms with Gasteiger partial charge in [0.05, 0.1) is 12.1 Å². The van der Waals surface area contributed by atoms with E-state index in [-0.39, 0.29) is 5.54 Å². The monoisotopic (exact) mass is 181 g/mol. The normalized spacial score (nSPS) is 12.0. The van der Waals surface area contributed by atoms with Crippen LogP contribution in [0.4, 0.5) is 0 Å². The predicted molar refractivity (Wildman–Crippen MR) is 45.5 cm³/mol. The minimum Gasteiger partial charge on any atom is -0.356 e. The molecule has 0 saturated heterocycles. The van der Waals surface area contributed by atoms with Gasteiger partial charge < -0.3 is 9.47 Å². The van der Waals surface area contributed by atoms with Crippen LogP contribution in [0.3, 0.4) is 0 Å². The van der Waals surface area contributed by atoms with Crippen LogP contribution in [-0.4, -0.2) is 25.5 Å². The number of rotatable bonds is 6. The van der Waals surface area contributed by atoms with E-state index in [2.05, 4.69) is 4.84 Å². The highest BCUT2D eigenvalue weighted by Gasteiger charge is 2.15. The minimum atomic E-state index is -0.196. The molecule has 0 aromatic rings. The van der Waals surface area contributed by atoms with E-state index in [1.807, 2.05) is 20.8 Å². The standard InChI is InChI=1S/C7H16ClNO2/c1-4-10-6-11-5-7(2,3)9-8/h9H,4-6H2,1-3H3. The van der Waals surface area contributed by atoms with Gasteiger partial charge in [-0.25, -0.2) is 4.84 Å². The van der Waals surface area contributed by atoms with Crippen LogP contribution in [0.25, 0.3) is 0 Å². The van der Waals surface area contributed by atoms with E-state index < -0.39 is 0 Å². The maximum absolute atomic E-state index is 5.44. The summed E-state index contributed by atoms with van der Waals surface area (Å²) in [7, 11) is 0. The van der Waals surface area contributed by atoms with Crippen LogP contribution < -0.4 is 4.84 Å². The highest BCUT2D eigenvalue weighted by Crippen LogP contribution is 2.02. The van der Waals surface area contributed by atoms with Crippen molar-refractivity contribution in [2.45, 2.75) is 26.3 Å². The molecule has 68 valence electrons. The highest BCUT2D eigenvalue weighted by atomic mass is 35.5. The van der Waals surface area contributed by atoms with Gasteiger partial charge in [-0.2, -0.15) is 0 Å². The van der Waals surface area contributed by atoms with Crippen molar-refractivity contribution in [3.63, 3.8) is 0 Å². The average Bonchev–Trinajstić information content (AvgIpc) is 1.99. The molecule has 0 aliphatic rings. The third kappa shape index (κ3) is 6.56. The molecule has 0 rings (SSSR count). The molecule has 0 spiro atoms. The molecular formula is C7H16ClNO2. The molecule has 0 bridgehead atoms. The van der Waals surface area contributed by atoms with Gasteiger partial charge in [-0.15, -0.1) is 0 Å². The molecule has 0 fully saturated rings. The number of nitrogens with one attached hydrogen (secondary N) is 1. The molecular weight excluding hydrogens is 166 g/mol. The van der Waals surface area contributed by atoms with Gasteiger partial charge in [-0.1, -0.05) is 0 Å². The van der Waals surface area contributed by atoms with Crippen LogP contribution in [0.2, 0.25) is 0 Å². The lowest BCUT2D eigenvalue weighted by atomic mass is 10.1. The third-order valence-corrected chi connectivity index (χ3v) is 1.60. The summed E-state index contributed by atoms with van der Waals surface area (Å²) < 4.78 is 10.1. The fourth-order valence-corrected chi connectivity index (χ4v) is 0.521. The third-order valence-electron chi connectivity index (χ3n) is 1.09. The number of hydrogen-bond acceptors (Lipinski definition) is 3. The lowest BCUT2D eigenvalue weighted by molar-refractivity contribution is -0.0624. The summed E-state index contributed by atoms with van der Waals surface area (Å²) in [6.45, 7) is 7.37. The zero-order chi connectivity index (χ0) is 8.74. The fourth-order valence-electron chi connectivity index (χ4n) is 0.466. The van der Waals surface area contributed by atoms with E-state index in [0.717, 1.165) is 0 Å². The van der Waals surface area contributed by atoms with Crippen molar-refractivity contribution in [1.29, 1.82) is 0 Å². The summed E-state index contributed by atoms with van der Waals surface area (Å²) in [4.78, 5) is 2.61. The highest BCUT2D eigenvalue weighted by molar-refractivity contribution is 6.13. The van der Waals surface area contributed by atoms with Crippen LogP contribution in [0.15, 0.2) is 0 Å². The van der Waals surface area contributed by atoms with Gasteiger partial charge in [-0.3, -0.25) is 0 Å². The summed E-state index contributed by atoms with van der Waals surface area (Å²) in [6, 6.07) is 0. The van der Waals surface area contributed by atoms with Crippen molar-refractivity contribution in [2.75, 3.05) is 20.0 Å².